The van der Waals surface area contributed by atoms with Crippen LogP contribution in [-0.2, 0) is 0 Å². The first kappa shape index (κ1) is 19.3. The fourth-order valence-electron chi connectivity index (χ4n) is 3.89. The van der Waals surface area contributed by atoms with Gasteiger partial charge in [-0.3, -0.25) is 14.5 Å². The van der Waals surface area contributed by atoms with Crippen LogP contribution in [0.1, 0.15) is 34.6 Å². The van der Waals surface area contributed by atoms with E-state index in [0.29, 0.717) is 39.7 Å². The lowest BCUT2D eigenvalue weighted by Gasteiger charge is -2.24. The number of amides is 1. The second kappa shape index (κ2) is 7.56. The Morgan fingerprint density at radius 1 is 1.06 bits per heavy atom. The molecule has 7 heteroatoms. The summed E-state index contributed by atoms with van der Waals surface area (Å²) in [6.07, 6.45) is 1.47. The van der Waals surface area contributed by atoms with Crippen molar-refractivity contribution < 1.29 is 13.9 Å². The third kappa shape index (κ3) is 3.16. The number of ether oxygens (including phenoxy) is 1. The Bertz CT molecular complexity index is 1350. The predicted octanol–water partition coefficient (Wildman–Crippen LogP) is 4.99. The topological polar surface area (TPSA) is 72.6 Å². The summed E-state index contributed by atoms with van der Waals surface area (Å²) in [4.78, 5) is 32.7. The van der Waals surface area contributed by atoms with Crippen LogP contribution in [0.5, 0.6) is 5.75 Å². The van der Waals surface area contributed by atoms with Gasteiger partial charge in [-0.2, -0.15) is 0 Å². The molecule has 1 atom stereocenters. The predicted molar refractivity (Wildman–Crippen MR) is 118 cm³/mol. The van der Waals surface area contributed by atoms with E-state index in [4.69, 9.17) is 20.8 Å². The Morgan fingerprint density at radius 3 is 2.55 bits per heavy atom. The largest absolute Gasteiger partial charge is 0.494 e. The fourth-order valence-corrected chi connectivity index (χ4v) is 4.01. The van der Waals surface area contributed by atoms with Crippen LogP contribution in [-0.4, -0.2) is 17.5 Å². The van der Waals surface area contributed by atoms with Crippen molar-refractivity contribution in [2.24, 2.45) is 0 Å². The normalized spacial score (nSPS) is 15.4. The van der Waals surface area contributed by atoms with Crippen LogP contribution in [0.25, 0.3) is 11.0 Å². The molecule has 0 unspecified atom stereocenters. The number of fused-ring (bicyclic) bond motifs is 2. The van der Waals surface area contributed by atoms with Crippen LogP contribution < -0.4 is 15.1 Å². The Kier molecular flexibility index (Phi) is 4.71. The van der Waals surface area contributed by atoms with Crippen LogP contribution in [0.4, 0.5) is 5.82 Å². The molecule has 2 aromatic carbocycles. The van der Waals surface area contributed by atoms with E-state index in [1.807, 2.05) is 31.2 Å². The Morgan fingerprint density at radius 2 is 1.84 bits per heavy atom. The summed E-state index contributed by atoms with van der Waals surface area (Å²) in [6.45, 7) is 2.45. The van der Waals surface area contributed by atoms with Crippen molar-refractivity contribution >= 4 is 34.3 Å². The SMILES string of the molecule is CCOc1ccc([C@@H]2c3c(oc4ccccc4c3=O)C(=O)N2c2ccc(Cl)cn2)cc1. The minimum Gasteiger partial charge on any atom is -0.494 e. The summed E-state index contributed by atoms with van der Waals surface area (Å²) in [5.41, 5.74) is 1.18. The number of aromatic nitrogens is 1. The molecule has 6 nitrogen and oxygen atoms in total. The average Bonchev–Trinajstić information content (AvgIpc) is 3.08. The molecule has 0 bridgehead atoms. The molecule has 0 spiro atoms. The Balaban J connectivity index is 1.75. The summed E-state index contributed by atoms with van der Waals surface area (Å²) < 4.78 is 11.4. The fraction of sp³-hybridized carbons (Fsp3) is 0.125. The molecule has 0 aliphatic carbocycles. The van der Waals surface area contributed by atoms with Gasteiger partial charge in [0.2, 0.25) is 5.76 Å². The number of carbonyl (C=O) groups is 1. The Hall–Kier alpha value is -3.64. The molecule has 5 rings (SSSR count). The molecule has 31 heavy (non-hydrogen) atoms. The first-order valence-corrected chi connectivity index (χ1v) is 10.2. The monoisotopic (exact) mass is 432 g/mol. The maximum Gasteiger partial charge on any atom is 0.296 e. The Labute approximate surface area is 182 Å². The van der Waals surface area contributed by atoms with Gasteiger partial charge in [0.05, 0.1) is 28.6 Å². The zero-order valence-corrected chi connectivity index (χ0v) is 17.3. The van der Waals surface area contributed by atoms with E-state index in [9.17, 15) is 9.59 Å². The number of pyridine rings is 1. The molecule has 0 fully saturated rings. The van der Waals surface area contributed by atoms with Crippen molar-refractivity contribution in [1.29, 1.82) is 0 Å². The van der Waals surface area contributed by atoms with Gasteiger partial charge < -0.3 is 9.15 Å². The molecule has 2 aromatic heterocycles. The van der Waals surface area contributed by atoms with E-state index in [-0.39, 0.29) is 11.2 Å². The van der Waals surface area contributed by atoms with E-state index in [1.165, 1.54) is 11.1 Å². The third-order valence-corrected chi connectivity index (χ3v) is 5.47. The minimum absolute atomic E-state index is 0.0272. The molecule has 0 N–H and O–H groups in total. The van der Waals surface area contributed by atoms with Crippen molar-refractivity contribution in [3.8, 4) is 5.75 Å². The van der Waals surface area contributed by atoms with Gasteiger partial charge in [0.15, 0.2) is 5.43 Å². The number of para-hydroxylation sites is 1. The first-order chi connectivity index (χ1) is 15.1. The number of hydrogen-bond acceptors (Lipinski definition) is 5. The third-order valence-electron chi connectivity index (χ3n) is 5.24. The highest BCUT2D eigenvalue weighted by Gasteiger charge is 2.44. The van der Waals surface area contributed by atoms with E-state index in [2.05, 4.69) is 4.98 Å². The van der Waals surface area contributed by atoms with Crippen LogP contribution in [0.2, 0.25) is 5.02 Å². The second-order valence-electron chi connectivity index (χ2n) is 7.08. The van der Waals surface area contributed by atoms with Crippen molar-refractivity contribution in [1.82, 2.24) is 4.98 Å². The molecular formula is C24H17ClN2O4. The highest BCUT2D eigenvalue weighted by Crippen LogP contribution is 2.41. The maximum atomic E-state index is 13.4. The molecule has 154 valence electrons. The molecule has 0 saturated carbocycles. The molecule has 3 heterocycles. The van der Waals surface area contributed by atoms with Crippen LogP contribution in [0.3, 0.4) is 0 Å². The lowest BCUT2D eigenvalue weighted by atomic mass is 9.98. The summed E-state index contributed by atoms with van der Waals surface area (Å²) in [7, 11) is 0. The average molecular weight is 433 g/mol. The molecule has 1 aliphatic heterocycles. The van der Waals surface area contributed by atoms with Gasteiger partial charge in [-0.15, -0.1) is 0 Å². The molecular weight excluding hydrogens is 416 g/mol. The van der Waals surface area contributed by atoms with Crippen molar-refractivity contribution in [3.05, 3.63) is 99.0 Å². The minimum atomic E-state index is -0.687. The molecule has 1 amide bonds. The number of hydrogen-bond donors (Lipinski definition) is 0. The van der Waals surface area contributed by atoms with E-state index < -0.39 is 11.9 Å². The van der Waals surface area contributed by atoms with E-state index in [1.54, 1.807) is 36.4 Å². The van der Waals surface area contributed by atoms with Gasteiger partial charge in [0.1, 0.15) is 17.2 Å². The summed E-state index contributed by atoms with van der Waals surface area (Å²) >= 11 is 5.99. The van der Waals surface area contributed by atoms with E-state index >= 15 is 0 Å². The van der Waals surface area contributed by atoms with Crippen molar-refractivity contribution in [2.45, 2.75) is 13.0 Å². The first-order valence-electron chi connectivity index (χ1n) is 9.82. The van der Waals surface area contributed by atoms with Gasteiger partial charge in [-0.25, -0.2) is 4.98 Å². The van der Waals surface area contributed by atoms with Gasteiger partial charge in [-0.1, -0.05) is 35.9 Å². The zero-order valence-electron chi connectivity index (χ0n) is 16.5. The van der Waals surface area contributed by atoms with Gasteiger partial charge in [0.25, 0.3) is 5.91 Å². The zero-order chi connectivity index (χ0) is 21.5. The summed E-state index contributed by atoms with van der Waals surface area (Å²) in [5, 5.41) is 0.876. The highest BCUT2D eigenvalue weighted by molar-refractivity contribution is 6.30. The number of anilines is 1. The van der Waals surface area contributed by atoms with Gasteiger partial charge in [-0.05, 0) is 48.9 Å². The van der Waals surface area contributed by atoms with Gasteiger partial charge in [0, 0.05) is 6.20 Å². The summed E-state index contributed by atoms with van der Waals surface area (Å²) in [5.74, 6) is 0.687. The standard InChI is InChI=1S/C24H17ClN2O4/c1-2-30-16-10-7-14(8-11-16)21-20-22(28)17-5-3-4-6-18(17)31-23(20)24(29)27(21)19-12-9-15(25)13-26-19/h3-13,21H,2H2,1H3/t21-/m1/s1. The second-order valence-corrected chi connectivity index (χ2v) is 7.52. The lowest BCUT2D eigenvalue weighted by Crippen LogP contribution is -2.30. The number of benzene rings is 2. The van der Waals surface area contributed by atoms with Crippen LogP contribution in [0, 0.1) is 0 Å². The lowest BCUT2D eigenvalue weighted by molar-refractivity contribution is 0.0970. The number of rotatable bonds is 4. The van der Waals surface area contributed by atoms with Crippen LogP contribution >= 0.6 is 11.6 Å². The smallest absolute Gasteiger partial charge is 0.296 e. The van der Waals surface area contributed by atoms with Crippen LogP contribution in [0.15, 0.2) is 76.1 Å². The number of halogens is 1. The number of nitrogens with zero attached hydrogens (tertiary/aromatic N) is 2. The molecule has 4 aromatic rings. The molecule has 0 radical (unpaired) electrons. The van der Waals surface area contributed by atoms with E-state index in [0.717, 1.165) is 5.56 Å². The highest BCUT2D eigenvalue weighted by atomic mass is 35.5. The quantitative estimate of drug-likeness (QED) is 0.454. The maximum absolute atomic E-state index is 13.4. The van der Waals surface area contributed by atoms with Gasteiger partial charge >= 0.3 is 0 Å². The molecule has 1 aliphatic rings. The van der Waals surface area contributed by atoms with Crippen molar-refractivity contribution in [3.63, 3.8) is 0 Å². The molecule has 0 saturated heterocycles. The number of carbonyl (C=O) groups excluding carboxylic acids is 1. The summed E-state index contributed by atoms with van der Waals surface area (Å²) in [6, 6.07) is 16.8. The van der Waals surface area contributed by atoms with Crippen molar-refractivity contribution in [2.75, 3.05) is 11.5 Å².